The first-order chi connectivity index (χ1) is 9.72. The quantitative estimate of drug-likeness (QED) is 0.768. The molecular formula is C14H19N5O. The van der Waals surface area contributed by atoms with Gasteiger partial charge < -0.3 is 10.6 Å². The van der Waals surface area contributed by atoms with E-state index in [1.807, 2.05) is 32.0 Å². The van der Waals surface area contributed by atoms with Crippen LogP contribution in [0.4, 0.5) is 0 Å². The van der Waals surface area contributed by atoms with Gasteiger partial charge in [0.05, 0.1) is 5.69 Å². The summed E-state index contributed by atoms with van der Waals surface area (Å²) >= 11 is 0. The number of carbonyl (C=O) groups is 1. The van der Waals surface area contributed by atoms with Crippen molar-refractivity contribution < 1.29 is 4.79 Å². The van der Waals surface area contributed by atoms with E-state index in [9.17, 15) is 4.79 Å². The summed E-state index contributed by atoms with van der Waals surface area (Å²) in [5.41, 5.74) is 2.49. The number of likely N-dealkylation sites (N-methyl/N-ethyl adjacent to an activating group) is 1. The molecule has 1 amide bonds. The predicted molar refractivity (Wildman–Crippen MR) is 77.0 cm³/mol. The number of benzene rings is 1. The summed E-state index contributed by atoms with van der Waals surface area (Å²) in [7, 11) is 0. The van der Waals surface area contributed by atoms with Gasteiger partial charge in [-0.25, -0.2) is 9.67 Å². The normalized spacial score (nSPS) is 10.5. The van der Waals surface area contributed by atoms with Gasteiger partial charge in [0, 0.05) is 18.7 Å². The van der Waals surface area contributed by atoms with Crippen molar-refractivity contribution in [3.05, 3.63) is 42.0 Å². The average molecular weight is 273 g/mol. The summed E-state index contributed by atoms with van der Waals surface area (Å²) in [6, 6.07) is 5.60. The van der Waals surface area contributed by atoms with Gasteiger partial charge in [-0.15, -0.1) is 0 Å². The summed E-state index contributed by atoms with van der Waals surface area (Å²) < 4.78 is 1.67. The SMILES string of the molecule is CCNCCNC(=O)c1ccc(-n2cncn2)cc1C. The molecule has 0 fully saturated rings. The molecule has 0 aliphatic heterocycles. The summed E-state index contributed by atoms with van der Waals surface area (Å²) in [5.74, 6) is -0.0504. The van der Waals surface area contributed by atoms with Gasteiger partial charge in [-0.3, -0.25) is 4.79 Å². The first-order valence-electron chi connectivity index (χ1n) is 6.67. The number of nitrogens with one attached hydrogen (secondary N) is 2. The molecule has 0 radical (unpaired) electrons. The molecule has 6 heteroatoms. The van der Waals surface area contributed by atoms with E-state index in [4.69, 9.17) is 0 Å². The fraction of sp³-hybridized carbons (Fsp3) is 0.357. The molecule has 1 aromatic carbocycles. The number of carbonyl (C=O) groups excluding carboxylic acids is 1. The Labute approximate surface area is 118 Å². The number of rotatable bonds is 6. The second-order valence-corrected chi connectivity index (χ2v) is 4.45. The number of aromatic nitrogens is 3. The molecule has 2 aromatic rings. The third-order valence-electron chi connectivity index (χ3n) is 2.98. The summed E-state index contributed by atoms with van der Waals surface area (Å²) in [4.78, 5) is 16.0. The Hall–Kier alpha value is -2.21. The van der Waals surface area contributed by atoms with E-state index in [0.717, 1.165) is 24.3 Å². The lowest BCUT2D eigenvalue weighted by Crippen LogP contribution is -2.32. The fourth-order valence-corrected chi connectivity index (χ4v) is 1.92. The highest BCUT2D eigenvalue weighted by atomic mass is 16.1. The van der Waals surface area contributed by atoms with E-state index in [1.54, 1.807) is 11.0 Å². The maximum atomic E-state index is 12.1. The second-order valence-electron chi connectivity index (χ2n) is 4.45. The predicted octanol–water partition coefficient (Wildman–Crippen LogP) is 0.915. The van der Waals surface area contributed by atoms with Crippen LogP contribution in [0, 0.1) is 6.92 Å². The molecule has 1 heterocycles. The molecule has 106 valence electrons. The molecular weight excluding hydrogens is 254 g/mol. The highest BCUT2D eigenvalue weighted by Crippen LogP contribution is 2.13. The molecule has 0 atom stereocenters. The van der Waals surface area contributed by atoms with Crippen molar-refractivity contribution >= 4 is 5.91 Å². The summed E-state index contributed by atoms with van der Waals surface area (Å²) in [5, 5.41) is 10.1. The van der Waals surface area contributed by atoms with Crippen molar-refractivity contribution in [1.82, 2.24) is 25.4 Å². The molecule has 1 aromatic heterocycles. The lowest BCUT2D eigenvalue weighted by Gasteiger charge is -2.09. The van der Waals surface area contributed by atoms with Crippen molar-refractivity contribution in [2.75, 3.05) is 19.6 Å². The molecule has 0 unspecified atom stereocenters. The van der Waals surface area contributed by atoms with E-state index in [2.05, 4.69) is 20.7 Å². The molecule has 0 bridgehead atoms. The van der Waals surface area contributed by atoms with Gasteiger partial charge >= 0.3 is 0 Å². The summed E-state index contributed by atoms with van der Waals surface area (Å²) in [6.45, 7) is 6.26. The molecule has 0 saturated heterocycles. The van der Waals surface area contributed by atoms with Crippen LogP contribution in [0.5, 0.6) is 0 Å². The number of amides is 1. The lowest BCUT2D eigenvalue weighted by atomic mass is 10.1. The minimum Gasteiger partial charge on any atom is -0.351 e. The zero-order chi connectivity index (χ0) is 14.4. The standard InChI is InChI=1S/C14H19N5O/c1-3-15-6-7-17-14(20)13-5-4-12(8-11(13)2)19-10-16-9-18-19/h4-5,8-10,15H,3,6-7H2,1-2H3,(H,17,20). The summed E-state index contributed by atoms with van der Waals surface area (Å²) in [6.07, 6.45) is 3.11. The Morgan fingerprint density at radius 3 is 2.85 bits per heavy atom. The van der Waals surface area contributed by atoms with Gasteiger partial charge in [-0.1, -0.05) is 6.92 Å². The number of nitrogens with zero attached hydrogens (tertiary/aromatic N) is 3. The van der Waals surface area contributed by atoms with Crippen LogP contribution in [-0.2, 0) is 0 Å². The van der Waals surface area contributed by atoms with Crippen LogP contribution in [0.2, 0.25) is 0 Å². The Morgan fingerprint density at radius 2 is 2.20 bits per heavy atom. The monoisotopic (exact) mass is 273 g/mol. The van der Waals surface area contributed by atoms with Crippen LogP contribution in [0.3, 0.4) is 0 Å². The first kappa shape index (κ1) is 14.2. The number of hydrogen-bond donors (Lipinski definition) is 2. The Bertz CT molecular complexity index is 565. The van der Waals surface area contributed by atoms with Crippen molar-refractivity contribution in [1.29, 1.82) is 0 Å². The minimum atomic E-state index is -0.0504. The molecule has 20 heavy (non-hydrogen) atoms. The van der Waals surface area contributed by atoms with Crippen LogP contribution in [0.15, 0.2) is 30.9 Å². The third-order valence-corrected chi connectivity index (χ3v) is 2.98. The maximum Gasteiger partial charge on any atom is 0.251 e. The number of hydrogen-bond acceptors (Lipinski definition) is 4. The Morgan fingerprint density at radius 1 is 1.35 bits per heavy atom. The average Bonchev–Trinajstić information content (AvgIpc) is 2.97. The van der Waals surface area contributed by atoms with Gasteiger partial charge in [0.2, 0.25) is 0 Å². The van der Waals surface area contributed by atoms with Crippen molar-refractivity contribution in [2.24, 2.45) is 0 Å². The Balaban J connectivity index is 2.04. The number of aryl methyl sites for hydroxylation is 1. The van der Waals surface area contributed by atoms with Gasteiger partial charge in [0.1, 0.15) is 12.7 Å². The smallest absolute Gasteiger partial charge is 0.251 e. The highest BCUT2D eigenvalue weighted by molar-refractivity contribution is 5.95. The van der Waals surface area contributed by atoms with E-state index < -0.39 is 0 Å². The van der Waals surface area contributed by atoms with E-state index in [-0.39, 0.29) is 5.91 Å². The minimum absolute atomic E-state index is 0.0504. The van der Waals surface area contributed by atoms with E-state index >= 15 is 0 Å². The molecule has 0 aliphatic carbocycles. The van der Waals surface area contributed by atoms with Crippen molar-refractivity contribution in [2.45, 2.75) is 13.8 Å². The van der Waals surface area contributed by atoms with Crippen molar-refractivity contribution in [3.63, 3.8) is 0 Å². The Kier molecular flexibility index (Phi) is 4.84. The lowest BCUT2D eigenvalue weighted by molar-refractivity contribution is 0.0953. The van der Waals surface area contributed by atoms with E-state index in [0.29, 0.717) is 12.1 Å². The molecule has 0 spiro atoms. The van der Waals surface area contributed by atoms with Crippen molar-refractivity contribution in [3.8, 4) is 5.69 Å². The van der Waals surface area contributed by atoms with Gasteiger partial charge in [0.25, 0.3) is 5.91 Å². The van der Waals surface area contributed by atoms with Gasteiger partial charge in [0.15, 0.2) is 0 Å². The van der Waals surface area contributed by atoms with Crippen LogP contribution >= 0.6 is 0 Å². The first-order valence-corrected chi connectivity index (χ1v) is 6.67. The molecule has 0 saturated carbocycles. The van der Waals surface area contributed by atoms with Gasteiger partial charge in [-0.05, 0) is 37.2 Å². The zero-order valence-electron chi connectivity index (χ0n) is 11.8. The van der Waals surface area contributed by atoms with Gasteiger partial charge in [-0.2, -0.15) is 5.10 Å². The second kappa shape index (κ2) is 6.81. The van der Waals surface area contributed by atoms with Crippen LogP contribution < -0.4 is 10.6 Å². The largest absolute Gasteiger partial charge is 0.351 e. The van der Waals surface area contributed by atoms with E-state index in [1.165, 1.54) is 6.33 Å². The van der Waals surface area contributed by atoms with Crippen LogP contribution in [0.25, 0.3) is 5.69 Å². The third kappa shape index (κ3) is 3.42. The molecule has 2 rings (SSSR count). The molecule has 2 N–H and O–H groups in total. The zero-order valence-corrected chi connectivity index (χ0v) is 11.8. The highest BCUT2D eigenvalue weighted by Gasteiger charge is 2.09. The van der Waals surface area contributed by atoms with Crippen LogP contribution in [-0.4, -0.2) is 40.3 Å². The topological polar surface area (TPSA) is 71.8 Å². The molecule has 0 aliphatic rings. The fourth-order valence-electron chi connectivity index (χ4n) is 1.92. The molecule has 6 nitrogen and oxygen atoms in total. The van der Waals surface area contributed by atoms with Crippen LogP contribution in [0.1, 0.15) is 22.8 Å². The maximum absolute atomic E-state index is 12.1.